The van der Waals surface area contributed by atoms with Crippen molar-refractivity contribution in [2.75, 3.05) is 11.5 Å². The Morgan fingerprint density at radius 1 is 1.07 bits per heavy atom. The first-order valence-electron chi connectivity index (χ1n) is 13.4. The Balaban J connectivity index is 2.28. The minimum absolute atomic E-state index is 0.0351. The highest BCUT2D eigenvalue weighted by Crippen LogP contribution is 2.35. The van der Waals surface area contributed by atoms with E-state index in [2.05, 4.69) is 4.72 Å². The normalized spacial score (nSPS) is 13.4. The molecule has 2 atom stereocenters. The molecule has 1 heterocycles. The van der Waals surface area contributed by atoms with Gasteiger partial charge in [-0.1, -0.05) is 46.2 Å². The van der Waals surface area contributed by atoms with E-state index >= 15 is 0 Å². The van der Waals surface area contributed by atoms with Gasteiger partial charge in [-0.2, -0.15) is 0 Å². The molecule has 0 fully saturated rings. The van der Waals surface area contributed by atoms with Crippen LogP contribution in [-0.4, -0.2) is 34.8 Å². The number of carbonyl (C=O) groups excluding carboxylic acids is 1. The summed E-state index contributed by atoms with van der Waals surface area (Å²) in [6.07, 6.45) is 3.29. The molecule has 1 aromatic heterocycles. The van der Waals surface area contributed by atoms with Crippen LogP contribution in [0.3, 0.4) is 0 Å². The van der Waals surface area contributed by atoms with Crippen LogP contribution in [-0.2, 0) is 34.0 Å². The fraction of sp³-hybridized carbons (Fsp3) is 0.400. The first kappa shape index (κ1) is 31.7. The largest absolute Gasteiger partial charge is 0.598 e. The zero-order chi connectivity index (χ0) is 29.6. The zero-order valence-electron chi connectivity index (χ0n) is 23.6. The SMILES string of the molecule is CCCC[S@+]([O-])NC(c1cc(=O)n(C)cc1-c1cc(CS(=O)(=O)CC)ccc1C(=O)c1ccc(F)cc1)C(C)C. The Morgan fingerprint density at radius 3 is 2.35 bits per heavy atom. The van der Waals surface area contributed by atoms with Gasteiger partial charge in [-0.25, -0.2) is 12.8 Å². The molecular formula is C30H37FN2O5S2. The number of hydrogen-bond donors (Lipinski definition) is 1. The van der Waals surface area contributed by atoms with Crippen molar-refractivity contribution < 1.29 is 22.2 Å². The van der Waals surface area contributed by atoms with E-state index in [1.807, 2.05) is 20.8 Å². The summed E-state index contributed by atoms with van der Waals surface area (Å²) >= 11 is -1.35. The van der Waals surface area contributed by atoms with Crippen LogP contribution < -0.4 is 10.3 Å². The number of carbonyl (C=O) groups is 1. The molecule has 1 N–H and O–H groups in total. The van der Waals surface area contributed by atoms with Crippen LogP contribution in [0.1, 0.15) is 73.6 Å². The first-order chi connectivity index (χ1) is 18.9. The zero-order valence-corrected chi connectivity index (χ0v) is 25.2. The molecule has 7 nitrogen and oxygen atoms in total. The second kappa shape index (κ2) is 13.7. The number of unbranched alkanes of at least 4 members (excludes halogenated alkanes) is 1. The summed E-state index contributed by atoms with van der Waals surface area (Å²) in [7, 11) is -1.78. The smallest absolute Gasteiger partial charge is 0.250 e. The molecule has 40 heavy (non-hydrogen) atoms. The van der Waals surface area contributed by atoms with Gasteiger partial charge in [0.1, 0.15) is 11.6 Å². The minimum atomic E-state index is -3.38. The molecule has 0 saturated heterocycles. The fourth-order valence-electron chi connectivity index (χ4n) is 4.38. The van der Waals surface area contributed by atoms with Crippen molar-refractivity contribution in [2.45, 2.75) is 52.3 Å². The molecule has 0 aliphatic carbocycles. The highest BCUT2D eigenvalue weighted by Gasteiger charge is 2.28. The lowest BCUT2D eigenvalue weighted by atomic mass is 9.87. The predicted octanol–water partition coefficient (Wildman–Crippen LogP) is 5.11. The van der Waals surface area contributed by atoms with Crippen molar-refractivity contribution in [3.63, 3.8) is 0 Å². The molecular weight excluding hydrogens is 551 g/mol. The van der Waals surface area contributed by atoms with Crippen molar-refractivity contribution in [2.24, 2.45) is 13.0 Å². The molecule has 216 valence electrons. The van der Waals surface area contributed by atoms with Crippen molar-refractivity contribution in [3.8, 4) is 11.1 Å². The molecule has 3 rings (SSSR count). The van der Waals surface area contributed by atoms with E-state index in [0.29, 0.717) is 28.0 Å². The van der Waals surface area contributed by atoms with E-state index < -0.39 is 33.1 Å². The number of hydrogen-bond acceptors (Lipinski definition) is 6. The average Bonchev–Trinajstić information content (AvgIpc) is 2.91. The highest BCUT2D eigenvalue weighted by atomic mass is 32.2. The highest BCUT2D eigenvalue weighted by molar-refractivity contribution is 7.90. The van der Waals surface area contributed by atoms with Gasteiger partial charge >= 0.3 is 0 Å². The third-order valence-electron chi connectivity index (χ3n) is 6.76. The summed E-state index contributed by atoms with van der Waals surface area (Å²) in [5.74, 6) is -0.712. The standard InChI is InChI=1S/C30H37FN2O5S2/c1-6-8-15-39(36)32-29(20(3)4)26-17-28(34)33(5)18-27(26)25-16-21(19-40(37,38)7-2)9-14-24(25)30(35)22-10-12-23(31)13-11-22/h9-14,16-18,20,29,32H,6-8,15,19H2,1-5H3/t29?,39-/m0/s1. The molecule has 3 aromatic rings. The molecule has 0 saturated carbocycles. The van der Waals surface area contributed by atoms with Crippen molar-refractivity contribution in [3.05, 3.63) is 93.2 Å². The minimum Gasteiger partial charge on any atom is -0.598 e. The number of aromatic nitrogens is 1. The van der Waals surface area contributed by atoms with Crippen LogP contribution in [0.25, 0.3) is 11.1 Å². The molecule has 0 radical (unpaired) electrons. The van der Waals surface area contributed by atoms with E-state index in [4.69, 9.17) is 0 Å². The van der Waals surface area contributed by atoms with Gasteiger partial charge in [0.15, 0.2) is 15.6 Å². The number of ketones is 1. The number of benzene rings is 2. The summed E-state index contributed by atoms with van der Waals surface area (Å²) in [4.78, 5) is 26.5. The molecule has 0 spiro atoms. The molecule has 1 unspecified atom stereocenters. The van der Waals surface area contributed by atoms with Gasteiger partial charge in [0.05, 0.1) is 11.8 Å². The summed E-state index contributed by atoms with van der Waals surface area (Å²) in [6.45, 7) is 7.49. The predicted molar refractivity (Wildman–Crippen MR) is 159 cm³/mol. The number of pyridine rings is 1. The maximum atomic E-state index is 13.7. The second-order valence-corrected chi connectivity index (χ2v) is 13.9. The Kier molecular flexibility index (Phi) is 10.9. The third-order valence-corrected chi connectivity index (χ3v) is 9.58. The van der Waals surface area contributed by atoms with Gasteiger partial charge in [-0.15, -0.1) is 4.72 Å². The molecule has 0 amide bonds. The maximum absolute atomic E-state index is 13.7. The van der Waals surface area contributed by atoms with Gasteiger partial charge in [0.2, 0.25) is 0 Å². The third kappa shape index (κ3) is 7.90. The summed E-state index contributed by atoms with van der Waals surface area (Å²) < 4.78 is 56.0. The topological polar surface area (TPSA) is 108 Å². The lowest BCUT2D eigenvalue weighted by Gasteiger charge is -2.26. The molecule has 0 aliphatic rings. The van der Waals surface area contributed by atoms with E-state index in [1.54, 1.807) is 38.4 Å². The van der Waals surface area contributed by atoms with Crippen molar-refractivity contribution >= 4 is 27.0 Å². The number of sulfone groups is 1. The van der Waals surface area contributed by atoms with Crippen LogP contribution in [0.15, 0.2) is 59.5 Å². The lowest BCUT2D eigenvalue weighted by molar-refractivity contribution is 0.103. The number of nitrogens with one attached hydrogen (secondary N) is 1. The van der Waals surface area contributed by atoms with Crippen LogP contribution >= 0.6 is 0 Å². The van der Waals surface area contributed by atoms with Gasteiger partial charge < -0.3 is 9.12 Å². The number of halogens is 1. The van der Waals surface area contributed by atoms with Gasteiger partial charge in [0, 0.05) is 53.1 Å². The Labute approximate surface area is 239 Å². The monoisotopic (exact) mass is 588 g/mol. The molecule has 0 aliphatic heterocycles. The Hall–Kier alpha value is -2.79. The van der Waals surface area contributed by atoms with Crippen LogP contribution in [0.5, 0.6) is 0 Å². The summed E-state index contributed by atoms with van der Waals surface area (Å²) in [5, 5.41) is 0. The number of aryl methyl sites for hydroxylation is 1. The summed E-state index contributed by atoms with van der Waals surface area (Å²) in [6, 6.07) is 11.0. The number of rotatable bonds is 13. The lowest BCUT2D eigenvalue weighted by Crippen LogP contribution is -2.35. The quantitative estimate of drug-likeness (QED) is 0.220. The number of nitrogens with zero attached hydrogens (tertiary/aromatic N) is 1. The van der Waals surface area contributed by atoms with Crippen LogP contribution in [0, 0.1) is 11.7 Å². The van der Waals surface area contributed by atoms with E-state index in [-0.39, 0.29) is 39.9 Å². The molecule has 2 aromatic carbocycles. The molecule has 10 heteroatoms. The Bertz CT molecular complexity index is 1500. The van der Waals surface area contributed by atoms with Crippen molar-refractivity contribution in [1.82, 2.24) is 9.29 Å². The van der Waals surface area contributed by atoms with Crippen molar-refractivity contribution in [1.29, 1.82) is 0 Å². The first-order valence-corrected chi connectivity index (χ1v) is 16.5. The van der Waals surface area contributed by atoms with Gasteiger partial charge in [-0.3, -0.25) is 9.59 Å². The van der Waals surface area contributed by atoms with E-state index in [0.717, 1.165) is 12.8 Å². The van der Waals surface area contributed by atoms with Gasteiger partial charge in [-0.05, 0) is 59.4 Å². The van der Waals surface area contributed by atoms with E-state index in [1.165, 1.54) is 34.9 Å². The van der Waals surface area contributed by atoms with Crippen LogP contribution in [0.4, 0.5) is 4.39 Å². The Morgan fingerprint density at radius 2 is 1.75 bits per heavy atom. The fourth-order valence-corrected chi connectivity index (χ4v) is 6.62. The summed E-state index contributed by atoms with van der Waals surface area (Å²) in [5.41, 5.74) is 2.31. The molecule has 0 bridgehead atoms. The van der Waals surface area contributed by atoms with Crippen LogP contribution in [0.2, 0.25) is 0 Å². The second-order valence-electron chi connectivity index (χ2n) is 10.2. The van der Waals surface area contributed by atoms with Gasteiger partial charge in [0.25, 0.3) is 5.56 Å². The average molecular weight is 589 g/mol. The van der Waals surface area contributed by atoms with E-state index in [9.17, 15) is 27.0 Å². The maximum Gasteiger partial charge on any atom is 0.250 e.